The van der Waals surface area contributed by atoms with Crippen LogP contribution in [0.5, 0.6) is 11.5 Å². The van der Waals surface area contributed by atoms with Crippen molar-refractivity contribution in [3.05, 3.63) is 167 Å². The van der Waals surface area contributed by atoms with Gasteiger partial charge in [0.05, 0.1) is 22.3 Å². The van der Waals surface area contributed by atoms with Crippen molar-refractivity contribution in [1.82, 2.24) is 5.01 Å². The first kappa shape index (κ1) is 27.3. The molecule has 8 rings (SSSR count). The van der Waals surface area contributed by atoms with Crippen LogP contribution in [-0.4, -0.2) is 21.8 Å². The number of fused-ring (bicyclic) bond motifs is 4. The second-order valence-electron chi connectivity index (χ2n) is 11.1. The highest BCUT2D eigenvalue weighted by Gasteiger charge is 2.63. The van der Waals surface area contributed by atoms with Gasteiger partial charge in [-0.25, -0.2) is 9.91 Å². The van der Waals surface area contributed by atoms with Crippen molar-refractivity contribution in [3.8, 4) is 11.5 Å². The predicted molar refractivity (Wildman–Crippen MR) is 179 cm³/mol. The normalized spacial score (nSPS) is 21.0. The number of hydrazone groups is 1. The van der Waals surface area contributed by atoms with E-state index in [0.717, 1.165) is 50.1 Å². The number of carbonyl (C=O) groups excluding carboxylic acids is 1. The van der Waals surface area contributed by atoms with Gasteiger partial charge in [-0.15, -0.1) is 0 Å². The minimum Gasteiger partial charge on any atom is -0.489 e. The molecule has 0 bridgehead atoms. The van der Waals surface area contributed by atoms with Crippen LogP contribution >= 0.6 is 11.8 Å². The largest absolute Gasteiger partial charge is 0.489 e. The molecule has 0 saturated carbocycles. The maximum Gasteiger partial charge on any atom is 0.321 e. The average Bonchev–Trinajstić information content (AvgIpc) is 3.66. The summed E-state index contributed by atoms with van der Waals surface area (Å²) >= 11 is 1.18. The van der Waals surface area contributed by atoms with Gasteiger partial charge in [0.15, 0.2) is 0 Å². The Morgan fingerprint density at radius 3 is 2.36 bits per heavy atom. The fourth-order valence-electron chi connectivity index (χ4n) is 6.20. The van der Waals surface area contributed by atoms with Gasteiger partial charge < -0.3 is 9.47 Å². The van der Waals surface area contributed by atoms with E-state index in [4.69, 9.17) is 14.6 Å². The number of nitrogens with zero attached hydrogens (tertiary/aromatic N) is 3. The molecule has 1 amide bonds. The smallest absolute Gasteiger partial charge is 0.321 e. The van der Waals surface area contributed by atoms with E-state index in [2.05, 4.69) is 18.2 Å². The number of anilines is 1. The summed E-state index contributed by atoms with van der Waals surface area (Å²) in [6, 6.07) is 45.9. The summed E-state index contributed by atoms with van der Waals surface area (Å²) in [4.78, 5) is 16.6. The monoisotopic (exact) mass is 607 g/mol. The molecule has 0 radical (unpaired) electrons. The van der Waals surface area contributed by atoms with Gasteiger partial charge in [-0.05, 0) is 64.9 Å². The highest BCUT2D eigenvalue weighted by Crippen LogP contribution is 2.57. The van der Waals surface area contributed by atoms with Gasteiger partial charge in [-0.1, -0.05) is 109 Å². The number of benzene rings is 5. The second kappa shape index (κ2) is 11.3. The van der Waals surface area contributed by atoms with Crippen LogP contribution in [0.4, 0.5) is 10.5 Å². The Morgan fingerprint density at radius 1 is 0.844 bits per heavy atom. The number of hydrogen-bond acceptors (Lipinski definition) is 6. The van der Waals surface area contributed by atoms with E-state index in [9.17, 15) is 4.79 Å². The molecule has 3 heterocycles. The molecular weight excluding hydrogens is 579 g/mol. The number of amides is 1. The fraction of sp³-hybridized carbons (Fsp3) is 0.105. The van der Waals surface area contributed by atoms with E-state index >= 15 is 0 Å². The van der Waals surface area contributed by atoms with E-state index < -0.39 is 5.85 Å². The average molecular weight is 608 g/mol. The summed E-state index contributed by atoms with van der Waals surface area (Å²) in [5.74, 6) is 0.152. The maximum absolute atomic E-state index is 14.1. The van der Waals surface area contributed by atoms with Crippen molar-refractivity contribution in [1.29, 1.82) is 0 Å². The van der Waals surface area contributed by atoms with Crippen molar-refractivity contribution in [2.45, 2.75) is 24.9 Å². The lowest BCUT2D eigenvalue weighted by molar-refractivity contribution is -0.0763. The summed E-state index contributed by atoms with van der Waals surface area (Å²) in [6.07, 6.45) is 2.71. The SMILES string of the molecule is O=C1S/C(=C\c2cccc(OCc3ccccc3)c2)C2(Oc3ccccc3C3CC(c4ccccc4)=NN32)N1c1ccccc1. The van der Waals surface area contributed by atoms with Gasteiger partial charge in [-0.2, -0.15) is 5.10 Å². The molecule has 1 fully saturated rings. The molecule has 7 heteroatoms. The zero-order chi connectivity index (χ0) is 30.2. The topological polar surface area (TPSA) is 54.4 Å². The van der Waals surface area contributed by atoms with Crippen molar-refractivity contribution >= 4 is 34.5 Å². The number of thioether (sulfide) groups is 1. The van der Waals surface area contributed by atoms with Gasteiger partial charge in [0, 0.05) is 12.0 Å². The molecule has 1 spiro atoms. The van der Waals surface area contributed by atoms with Crippen LogP contribution in [0.2, 0.25) is 0 Å². The van der Waals surface area contributed by atoms with E-state index in [1.807, 2.05) is 132 Å². The Balaban J connectivity index is 1.27. The van der Waals surface area contributed by atoms with E-state index in [-0.39, 0.29) is 11.3 Å². The van der Waals surface area contributed by atoms with Crippen LogP contribution in [0, 0.1) is 0 Å². The molecule has 3 aliphatic heterocycles. The molecule has 6 nitrogen and oxygen atoms in total. The number of rotatable bonds is 6. The van der Waals surface area contributed by atoms with Crippen molar-refractivity contribution < 1.29 is 14.3 Å². The van der Waals surface area contributed by atoms with Crippen LogP contribution in [-0.2, 0) is 6.61 Å². The zero-order valence-electron chi connectivity index (χ0n) is 24.3. The van der Waals surface area contributed by atoms with Crippen LogP contribution in [0.25, 0.3) is 6.08 Å². The van der Waals surface area contributed by atoms with Crippen molar-refractivity contribution in [2.75, 3.05) is 4.90 Å². The summed E-state index contributed by atoms with van der Waals surface area (Å²) in [7, 11) is 0. The van der Waals surface area contributed by atoms with Gasteiger partial charge in [0.2, 0.25) is 0 Å². The molecule has 0 N–H and O–H groups in total. The van der Waals surface area contributed by atoms with E-state index in [1.165, 1.54) is 11.8 Å². The molecule has 1 saturated heterocycles. The molecular formula is C38H29N3O3S. The molecule has 3 aliphatic rings. The molecule has 5 aromatic rings. The zero-order valence-corrected chi connectivity index (χ0v) is 25.1. The maximum atomic E-state index is 14.1. The lowest BCUT2D eigenvalue weighted by Gasteiger charge is -2.49. The molecule has 45 heavy (non-hydrogen) atoms. The Bertz CT molecular complexity index is 1930. The number of hydrogen-bond donors (Lipinski definition) is 0. The fourth-order valence-corrected chi connectivity index (χ4v) is 7.27. The second-order valence-corrected chi connectivity index (χ2v) is 12.1. The summed E-state index contributed by atoms with van der Waals surface area (Å²) < 4.78 is 13.2. The number of ether oxygens (including phenoxy) is 2. The van der Waals surface area contributed by atoms with E-state index in [0.29, 0.717) is 13.0 Å². The van der Waals surface area contributed by atoms with Gasteiger partial charge >= 0.3 is 5.85 Å². The minimum absolute atomic E-state index is 0.133. The van der Waals surface area contributed by atoms with Crippen LogP contribution in [0.3, 0.4) is 0 Å². The molecule has 2 atom stereocenters. The quantitative estimate of drug-likeness (QED) is 0.193. The predicted octanol–water partition coefficient (Wildman–Crippen LogP) is 8.88. The Labute approximate surface area is 266 Å². The molecule has 5 aromatic carbocycles. The Hall–Kier alpha value is -5.27. The first-order valence-corrected chi connectivity index (χ1v) is 15.8. The third-order valence-electron chi connectivity index (χ3n) is 8.28. The Morgan fingerprint density at radius 2 is 1.56 bits per heavy atom. The standard InChI is InChI=1S/C38H29N3O3S/c42-37-40(30-18-8-3-9-19-30)38(36(45-37)24-28-15-12-20-31(23-28)43-26-27-13-4-1-5-14-27)41-34(32-21-10-11-22-35(32)44-38)25-33(39-41)29-16-6-2-7-17-29/h1-24,34H,25-26H2/b36-24-. The van der Waals surface area contributed by atoms with Crippen LogP contribution < -0.4 is 14.4 Å². The summed E-state index contributed by atoms with van der Waals surface area (Å²) in [5.41, 5.74) is 5.78. The third kappa shape index (κ3) is 4.86. The third-order valence-corrected chi connectivity index (χ3v) is 9.24. The molecule has 0 aliphatic carbocycles. The van der Waals surface area contributed by atoms with Crippen molar-refractivity contribution in [3.63, 3.8) is 0 Å². The van der Waals surface area contributed by atoms with Gasteiger partial charge in [0.25, 0.3) is 5.24 Å². The summed E-state index contributed by atoms with van der Waals surface area (Å²) in [5, 5.41) is 7.12. The van der Waals surface area contributed by atoms with E-state index in [1.54, 1.807) is 4.90 Å². The highest BCUT2D eigenvalue weighted by atomic mass is 32.2. The molecule has 2 unspecified atom stereocenters. The molecule has 0 aromatic heterocycles. The minimum atomic E-state index is -1.33. The van der Waals surface area contributed by atoms with Crippen molar-refractivity contribution in [2.24, 2.45) is 5.10 Å². The lowest BCUT2D eigenvalue weighted by Crippen LogP contribution is -2.63. The van der Waals surface area contributed by atoms with Crippen LogP contribution in [0.1, 0.15) is 34.7 Å². The molecule has 220 valence electrons. The number of para-hydroxylation sites is 2. The Kier molecular flexibility index (Phi) is 6.88. The highest BCUT2D eigenvalue weighted by molar-refractivity contribution is 8.17. The van der Waals surface area contributed by atoms with Crippen LogP contribution in [0.15, 0.2) is 150 Å². The summed E-state index contributed by atoms with van der Waals surface area (Å²) in [6.45, 7) is 0.464. The first-order chi connectivity index (χ1) is 22.2. The lowest BCUT2D eigenvalue weighted by atomic mass is 9.95. The number of carbonyl (C=O) groups is 1. The van der Waals surface area contributed by atoms with Gasteiger partial charge in [0.1, 0.15) is 18.1 Å². The first-order valence-electron chi connectivity index (χ1n) is 15.0. The van der Waals surface area contributed by atoms with Gasteiger partial charge in [-0.3, -0.25) is 4.79 Å².